The summed E-state index contributed by atoms with van der Waals surface area (Å²) in [6.07, 6.45) is -3.99. The molecule has 1 rings (SSSR count). The molecule has 0 N–H and O–H groups in total. The van der Waals surface area contributed by atoms with E-state index in [1.165, 1.54) is 12.0 Å². The number of rotatable bonds is 5. The summed E-state index contributed by atoms with van der Waals surface area (Å²) in [5.74, 6) is -1.03. The van der Waals surface area contributed by atoms with Gasteiger partial charge in [-0.3, -0.25) is 9.59 Å². The lowest BCUT2D eigenvalue weighted by Crippen LogP contribution is -2.31. The number of amides is 1. The summed E-state index contributed by atoms with van der Waals surface area (Å²) >= 11 is 0. The molecule has 1 amide bonds. The zero-order valence-electron chi connectivity index (χ0n) is 10.5. The number of likely N-dealkylation sites (tertiary alicyclic amines) is 1. The molecular weight excluding hydrogens is 267 g/mol. The highest BCUT2D eigenvalue weighted by Crippen LogP contribution is 2.18. The van der Waals surface area contributed by atoms with Crippen LogP contribution in [-0.2, 0) is 19.1 Å². The Hall–Kier alpha value is -1.31. The summed E-state index contributed by atoms with van der Waals surface area (Å²) in [6.45, 7) is -0.967. The third-order valence-corrected chi connectivity index (χ3v) is 2.80. The standard InChI is InChI=1S/C11H16F3NO4/c1-18-10(17)8-2-4-15(6-8)9(16)3-5-19-7-11(12,13)14/h8H,2-7H2,1H3. The van der Waals surface area contributed by atoms with Gasteiger partial charge in [0.05, 0.1) is 26.1 Å². The minimum Gasteiger partial charge on any atom is -0.469 e. The Balaban J connectivity index is 2.23. The van der Waals surface area contributed by atoms with Gasteiger partial charge in [-0.1, -0.05) is 0 Å². The molecule has 0 aromatic heterocycles. The first-order valence-corrected chi connectivity index (χ1v) is 5.83. The second-order valence-electron chi connectivity index (χ2n) is 4.27. The Bertz CT molecular complexity index is 332. The molecule has 1 unspecified atom stereocenters. The fourth-order valence-electron chi connectivity index (χ4n) is 1.85. The number of nitrogens with zero attached hydrogens (tertiary/aromatic N) is 1. The van der Waals surface area contributed by atoms with Crippen LogP contribution in [0.2, 0.25) is 0 Å². The Labute approximate surface area is 108 Å². The number of ether oxygens (including phenoxy) is 2. The molecule has 1 saturated heterocycles. The van der Waals surface area contributed by atoms with E-state index >= 15 is 0 Å². The first-order chi connectivity index (χ1) is 8.83. The van der Waals surface area contributed by atoms with Gasteiger partial charge in [-0.05, 0) is 6.42 Å². The van der Waals surface area contributed by atoms with Crippen LogP contribution >= 0.6 is 0 Å². The van der Waals surface area contributed by atoms with Gasteiger partial charge < -0.3 is 14.4 Å². The molecule has 0 saturated carbocycles. The Morgan fingerprint density at radius 1 is 1.37 bits per heavy atom. The fraction of sp³-hybridized carbons (Fsp3) is 0.818. The minimum atomic E-state index is -4.38. The summed E-state index contributed by atoms with van der Waals surface area (Å²) < 4.78 is 44.3. The Morgan fingerprint density at radius 2 is 2.05 bits per heavy atom. The van der Waals surface area contributed by atoms with Crippen LogP contribution in [0.15, 0.2) is 0 Å². The predicted molar refractivity (Wildman–Crippen MR) is 58.2 cm³/mol. The van der Waals surface area contributed by atoms with E-state index in [2.05, 4.69) is 9.47 Å². The third-order valence-electron chi connectivity index (χ3n) is 2.80. The third kappa shape index (κ3) is 5.46. The van der Waals surface area contributed by atoms with Crippen LogP contribution in [0.5, 0.6) is 0 Å². The molecule has 8 heteroatoms. The first kappa shape index (κ1) is 15.7. The van der Waals surface area contributed by atoms with Crippen LogP contribution < -0.4 is 0 Å². The molecular formula is C11H16F3NO4. The van der Waals surface area contributed by atoms with Gasteiger partial charge in [0.15, 0.2) is 0 Å². The van der Waals surface area contributed by atoms with Crippen molar-refractivity contribution in [2.75, 3.05) is 33.4 Å². The van der Waals surface area contributed by atoms with Crippen molar-refractivity contribution in [2.45, 2.75) is 19.0 Å². The van der Waals surface area contributed by atoms with E-state index in [-0.39, 0.29) is 37.4 Å². The van der Waals surface area contributed by atoms with Gasteiger partial charge in [0.1, 0.15) is 6.61 Å². The quantitative estimate of drug-likeness (QED) is 0.557. The minimum absolute atomic E-state index is 0.121. The molecule has 0 bridgehead atoms. The maximum atomic E-state index is 11.8. The number of methoxy groups -OCH3 is 1. The summed E-state index contributed by atoms with van der Waals surface area (Å²) in [6, 6.07) is 0. The first-order valence-electron chi connectivity index (χ1n) is 5.83. The van der Waals surface area contributed by atoms with Gasteiger partial charge in [-0.15, -0.1) is 0 Å². The van der Waals surface area contributed by atoms with Crippen molar-refractivity contribution >= 4 is 11.9 Å². The number of carbonyl (C=O) groups is 2. The van der Waals surface area contributed by atoms with Gasteiger partial charge >= 0.3 is 12.1 Å². The lowest BCUT2D eigenvalue weighted by Gasteiger charge is -2.16. The fourth-order valence-corrected chi connectivity index (χ4v) is 1.85. The van der Waals surface area contributed by atoms with E-state index in [4.69, 9.17) is 0 Å². The SMILES string of the molecule is COC(=O)C1CCN(C(=O)CCOCC(F)(F)F)C1. The molecule has 19 heavy (non-hydrogen) atoms. The summed E-state index contributed by atoms with van der Waals surface area (Å²) in [5.41, 5.74) is 0. The summed E-state index contributed by atoms with van der Waals surface area (Å²) in [4.78, 5) is 24.3. The van der Waals surface area contributed by atoms with Crippen LogP contribution in [0.25, 0.3) is 0 Å². The molecule has 0 aliphatic carbocycles. The van der Waals surface area contributed by atoms with E-state index < -0.39 is 12.8 Å². The van der Waals surface area contributed by atoms with Gasteiger partial charge in [-0.2, -0.15) is 13.2 Å². The maximum Gasteiger partial charge on any atom is 0.411 e. The molecule has 0 aromatic rings. The molecule has 5 nitrogen and oxygen atoms in total. The largest absolute Gasteiger partial charge is 0.469 e. The van der Waals surface area contributed by atoms with Crippen molar-refractivity contribution in [1.29, 1.82) is 0 Å². The van der Waals surface area contributed by atoms with Crippen LogP contribution in [0.4, 0.5) is 13.2 Å². The normalized spacial score (nSPS) is 19.6. The van der Waals surface area contributed by atoms with Crippen molar-refractivity contribution in [1.82, 2.24) is 4.90 Å². The van der Waals surface area contributed by atoms with Gasteiger partial charge in [-0.25, -0.2) is 0 Å². The second-order valence-corrected chi connectivity index (χ2v) is 4.27. The van der Waals surface area contributed by atoms with E-state index in [0.29, 0.717) is 13.0 Å². The van der Waals surface area contributed by atoms with E-state index in [9.17, 15) is 22.8 Å². The summed E-state index contributed by atoms with van der Waals surface area (Å²) in [7, 11) is 1.28. The smallest absolute Gasteiger partial charge is 0.411 e. The highest BCUT2D eigenvalue weighted by Gasteiger charge is 2.32. The predicted octanol–water partition coefficient (Wildman–Crippen LogP) is 0.977. The molecule has 1 fully saturated rings. The van der Waals surface area contributed by atoms with Crippen molar-refractivity contribution in [3.63, 3.8) is 0 Å². The van der Waals surface area contributed by atoms with Crippen LogP contribution in [-0.4, -0.2) is 56.4 Å². The number of carbonyl (C=O) groups excluding carboxylic acids is 2. The number of halogens is 3. The van der Waals surface area contributed by atoms with E-state index in [0.717, 1.165) is 0 Å². The molecule has 0 radical (unpaired) electrons. The zero-order chi connectivity index (χ0) is 14.5. The van der Waals surface area contributed by atoms with E-state index in [1.54, 1.807) is 0 Å². The Kier molecular flexibility index (Phi) is 5.59. The second kappa shape index (κ2) is 6.74. The molecule has 110 valence electrons. The average molecular weight is 283 g/mol. The van der Waals surface area contributed by atoms with Gasteiger partial charge in [0.2, 0.25) is 5.91 Å². The number of hydrogen-bond acceptors (Lipinski definition) is 4. The number of alkyl halides is 3. The maximum absolute atomic E-state index is 11.8. The monoisotopic (exact) mass is 283 g/mol. The lowest BCUT2D eigenvalue weighted by molar-refractivity contribution is -0.175. The Morgan fingerprint density at radius 3 is 2.63 bits per heavy atom. The molecule has 0 aromatic carbocycles. The van der Waals surface area contributed by atoms with E-state index in [1.807, 2.05) is 0 Å². The zero-order valence-corrected chi connectivity index (χ0v) is 10.5. The van der Waals surface area contributed by atoms with Crippen molar-refractivity contribution in [3.8, 4) is 0 Å². The lowest BCUT2D eigenvalue weighted by atomic mass is 10.1. The van der Waals surface area contributed by atoms with Gasteiger partial charge in [0, 0.05) is 13.1 Å². The topological polar surface area (TPSA) is 55.8 Å². The van der Waals surface area contributed by atoms with Crippen molar-refractivity contribution in [2.24, 2.45) is 5.92 Å². The molecule has 1 aliphatic rings. The van der Waals surface area contributed by atoms with Crippen molar-refractivity contribution in [3.05, 3.63) is 0 Å². The number of hydrogen-bond donors (Lipinski definition) is 0. The molecule has 1 aliphatic heterocycles. The van der Waals surface area contributed by atoms with Crippen LogP contribution in [0.1, 0.15) is 12.8 Å². The average Bonchev–Trinajstić information content (AvgIpc) is 2.81. The number of esters is 1. The summed E-state index contributed by atoms with van der Waals surface area (Å²) in [5, 5.41) is 0. The van der Waals surface area contributed by atoms with Crippen LogP contribution in [0.3, 0.4) is 0 Å². The van der Waals surface area contributed by atoms with Crippen LogP contribution in [0, 0.1) is 5.92 Å². The van der Waals surface area contributed by atoms with Crippen molar-refractivity contribution < 1.29 is 32.2 Å². The highest BCUT2D eigenvalue weighted by molar-refractivity contribution is 5.79. The molecule has 1 atom stereocenters. The molecule has 0 spiro atoms. The highest BCUT2D eigenvalue weighted by atomic mass is 19.4. The molecule has 1 heterocycles. The van der Waals surface area contributed by atoms with Gasteiger partial charge in [0.25, 0.3) is 0 Å².